The van der Waals surface area contributed by atoms with Crippen LogP contribution in [0.5, 0.6) is 5.75 Å². The van der Waals surface area contributed by atoms with Crippen LogP contribution < -0.4 is 4.74 Å². The van der Waals surface area contributed by atoms with Gasteiger partial charge in [0.15, 0.2) is 11.5 Å². The van der Waals surface area contributed by atoms with Crippen LogP contribution in [0.15, 0.2) is 59.0 Å². The Kier molecular flexibility index (Phi) is 4.18. The monoisotopic (exact) mass is 349 g/mol. The lowest BCUT2D eigenvalue weighted by atomic mass is 10.1. The summed E-state index contributed by atoms with van der Waals surface area (Å²) in [6, 6.07) is 13.5. The van der Waals surface area contributed by atoms with E-state index < -0.39 is 23.8 Å². The molecule has 3 aromatic rings. The summed E-state index contributed by atoms with van der Waals surface area (Å²) < 4.78 is 47.1. The van der Waals surface area contributed by atoms with Gasteiger partial charge in [0.1, 0.15) is 5.75 Å². The Labute approximate surface area is 139 Å². The molecule has 1 heterocycles. The summed E-state index contributed by atoms with van der Waals surface area (Å²) >= 11 is 0. The number of hydrogen-bond acceptors (Lipinski definition) is 4. The van der Waals surface area contributed by atoms with Gasteiger partial charge in [-0.1, -0.05) is 42.5 Å². The van der Waals surface area contributed by atoms with Crippen LogP contribution in [0, 0.1) is 0 Å². The van der Waals surface area contributed by atoms with Gasteiger partial charge in [0, 0.05) is 5.56 Å². The summed E-state index contributed by atoms with van der Waals surface area (Å²) in [7, 11) is 0. The summed E-state index contributed by atoms with van der Waals surface area (Å²) in [6.07, 6.45) is -4.90. The molecular weight excluding hydrogens is 339 g/mol. The molecular formula is C17H10F3NO4. The molecule has 25 heavy (non-hydrogen) atoms. The van der Waals surface area contributed by atoms with Crippen molar-refractivity contribution in [1.29, 1.82) is 0 Å². The van der Waals surface area contributed by atoms with E-state index in [0.717, 1.165) is 6.07 Å². The number of aromatic carboxylic acids is 1. The van der Waals surface area contributed by atoms with E-state index in [-0.39, 0.29) is 17.2 Å². The fourth-order valence-electron chi connectivity index (χ4n) is 2.22. The number of carboxylic acid groups (broad SMARTS) is 1. The van der Waals surface area contributed by atoms with E-state index >= 15 is 0 Å². The first-order valence-corrected chi connectivity index (χ1v) is 7.00. The van der Waals surface area contributed by atoms with Gasteiger partial charge in [-0.15, -0.1) is 13.2 Å². The molecule has 0 unspecified atom stereocenters. The number of alkyl halides is 3. The molecule has 0 fully saturated rings. The van der Waals surface area contributed by atoms with E-state index in [1.807, 2.05) is 0 Å². The fourth-order valence-corrected chi connectivity index (χ4v) is 2.22. The number of nitrogens with zero attached hydrogens (tertiary/aromatic N) is 1. The summed E-state index contributed by atoms with van der Waals surface area (Å²) in [5.74, 6) is -2.23. The number of hydrogen-bond donors (Lipinski definition) is 1. The van der Waals surface area contributed by atoms with E-state index in [1.54, 1.807) is 30.3 Å². The molecule has 0 amide bonds. The Hall–Kier alpha value is -3.29. The number of halogens is 3. The van der Waals surface area contributed by atoms with E-state index in [2.05, 4.69) is 9.72 Å². The highest BCUT2D eigenvalue weighted by molar-refractivity contribution is 5.93. The molecule has 0 aliphatic rings. The highest BCUT2D eigenvalue weighted by Crippen LogP contribution is 2.36. The molecule has 1 aromatic heterocycles. The number of oxazole rings is 1. The van der Waals surface area contributed by atoms with Crippen LogP contribution in [0.1, 0.15) is 10.5 Å². The van der Waals surface area contributed by atoms with Crippen molar-refractivity contribution in [3.63, 3.8) is 0 Å². The molecule has 0 bridgehead atoms. The molecule has 0 saturated carbocycles. The second-order valence-electron chi connectivity index (χ2n) is 4.91. The van der Waals surface area contributed by atoms with Gasteiger partial charge in [0.25, 0.3) is 0 Å². The van der Waals surface area contributed by atoms with Gasteiger partial charge in [-0.25, -0.2) is 9.78 Å². The number of carbonyl (C=O) groups is 1. The Morgan fingerprint density at radius 3 is 2.32 bits per heavy atom. The van der Waals surface area contributed by atoms with Gasteiger partial charge in [0.2, 0.25) is 5.89 Å². The van der Waals surface area contributed by atoms with E-state index in [0.29, 0.717) is 5.56 Å². The first-order valence-electron chi connectivity index (χ1n) is 7.00. The SMILES string of the molecule is O=C(O)c1nc(-c2ccccc2OC(F)(F)F)oc1-c1ccccc1. The second kappa shape index (κ2) is 6.31. The zero-order valence-electron chi connectivity index (χ0n) is 12.4. The van der Waals surface area contributed by atoms with Crippen molar-refractivity contribution >= 4 is 5.97 Å². The standard InChI is InChI=1S/C17H10F3NO4/c18-17(19,20)25-12-9-5-4-8-11(12)15-21-13(16(22)23)14(24-15)10-6-2-1-3-7-10/h1-9H,(H,22,23). The Morgan fingerprint density at radius 1 is 1.04 bits per heavy atom. The molecule has 128 valence electrons. The predicted molar refractivity (Wildman–Crippen MR) is 81.0 cm³/mol. The van der Waals surface area contributed by atoms with Crippen molar-refractivity contribution in [3.8, 4) is 28.5 Å². The third-order valence-electron chi connectivity index (χ3n) is 3.21. The van der Waals surface area contributed by atoms with Crippen molar-refractivity contribution in [2.24, 2.45) is 0 Å². The molecule has 0 aliphatic heterocycles. The van der Waals surface area contributed by atoms with E-state index in [1.165, 1.54) is 18.2 Å². The van der Waals surface area contributed by atoms with Gasteiger partial charge >= 0.3 is 12.3 Å². The summed E-state index contributed by atoms with van der Waals surface area (Å²) in [4.78, 5) is 15.3. The zero-order chi connectivity index (χ0) is 18.0. The molecule has 0 saturated heterocycles. The number of rotatable bonds is 4. The van der Waals surface area contributed by atoms with E-state index in [4.69, 9.17) is 4.42 Å². The minimum Gasteiger partial charge on any atom is -0.476 e. The Morgan fingerprint density at radius 2 is 1.68 bits per heavy atom. The molecule has 0 spiro atoms. The third-order valence-corrected chi connectivity index (χ3v) is 3.21. The molecule has 8 heteroatoms. The van der Waals surface area contributed by atoms with Crippen LogP contribution in [0.3, 0.4) is 0 Å². The summed E-state index contributed by atoms with van der Waals surface area (Å²) in [6.45, 7) is 0. The number of ether oxygens (including phenoxy) is 1. The van der Waals surface area contributed by atoms with Crippen LogP contribution in [0.2, 0.25) is 0 Å². The van der Waals surface area contributed by atoms with Gasteiger partial charge in [-0.3, -0.25) is 0 Å². The lowest BCUT2D eigenvalue weighted by molar-refractivity contribution is -0.274. The Bertz CT molecular complexity index is 904. The number of aromatic nitrogens is 1. The fraction of sp³-hybridized carbons (Fsp3) is 0.0588. The molecule has 0 atom stereocenters. The maximum Gasteiger partial charge on any atom is 0.573 e. The van der Waals surface area contributed by atoms with Gasteiger partial charge in [0.05, 0.1) is 5.56 Å². The van der Waals surface area contributed by atoms with Crippen LogP contribution in [0.4, 0.5) is 13.2 Å². The Balaban J connectivity index is 2.13. The minimum absolute atomic E-state index is 0.0510. The molecule has 5 nitrogen and oxygen atoms in total. The smallest absolute Gasteiger partial charge is 0.476 e. The van der Waals surface area contributed by atoms with E-state index in [9.17, 15) is 23.1 Å². The van der Waals surface area contributed by atoms with Crippen LogP contribution >= 0.6 is 0 Å². The summed E-state index contributed by atoms with van der Waals surface area (Å²) in [5, 5.41) is 9.31. The molecule has 1 N–H and O–H groups in total. The van der Waals surface area contributed by atoms with Crippen molar-refractivity contribution in [2.45, 2.75) is 6.36 Å². The first kappa shape index (κ1) is 16.6. The maximum absolute atomic E-state index is 12.5. The maximum atomic E-state index is 12.5. The van der Waals surface area contributed by atoms with Crippen LogP contribution in [-0.2, 0) is 0 Å². The van der Waals surface area contributed by atoms with Gasteiger partial charge < -0.3 is 14.3 Å². The minimum atomic E-state index is -4.90. The number of para-hydroxylation sites is 1. The average Bonchev–Trinajstić information content (AvgIpc) is 3.00. The summed E-state index contributed by atoms with van der Waals surface area (Å²) in [5.41, 5.74) is -0.0691. The molecule has 2 aromatic carbocycles. The lowest BCUT2D eigenvalue weighted by Crippen LogP contribution is -2.17. The number of benzene rings is 2. The number of carboxylic acids is 1. The highest BCUT2D eigenvalue weighted by atomic mass is 19.4. The third kappa shape index (κ3) is 3.63. The second-order valence-corrected chi connectivity index (χ2v) is 4.91. The van der Waals surface area contributed by atoms with Crippen molar-refractivity contribution in [2.75, 3.05) is 0 Å². The van der Waals surface area contributed by atoms with Crippen molar-refractivity contribution < 1.29 is 32.2 Å². The molecule has 0 aliphatic carbocycles. The quantitative estimate of drug-likeness (QED) is 0.745. The normalized spacial score (nSPS) is 11.3. The van der Waals surface area contributed by atoms with Gasteiger partial charge in [-0.05, 0) is 12.1 Å². The largest absolute Gasteiger partial charge is 0.573 e. The van der Waals surface area contributed by atoms with Crippen molar-refractivity contribution in [3.05, 3.63) is 60.3 Å². The topological polar surface area (TPSA) is 72.6 Å². The lowest BCUT2D eigenvalue weighted by Gasteiger charge is -2.11. The molecule has 0 radical (unpaired) electrons. The first-order chi connectivity index (χ1) is 11.8. The van der Waals surface area contributed by atoms with Crippen LogP contribution in [0.25, 0.3) is 22.8 Å². The average molecular weight is 349 g/mol. The van der Waals surface area contributed by atoms with Crippen LogP contribution in [-0.4, -0.2) is 22.4 Å². The van der Waals surface area contributed by atoms with Gasteiger partial charge in [-0.2, -0.15) is 0 Å². The molecule has 3 rings (SSSR count). The van der Waals surface area contributed by atoms with Crippen molar-refractivity contribution in [1.82, 2.24) is 4.98 Å². The zero-order valence-corrected chi connectivity index (χ0v) is 12.4. The highest BCUT2D eigenvalue weighted by Gasteiger charge is 2.33. The predicted octanol–water partition coefficient (Wildman–Crippen LogP) is 4.61.